The van der Waals surface area contributed by atoms with E-state index in [4.69, 9.17) is 10.4 Å². The molecular formula is C9H6BrNO3. The van der Waals surface area contributed by atoms with Crippen molar-refractivity contribution >= 4 is 21.9 Å². The van der Waals surface area contributed by atoms with E-state index in [1.165, 1.54) is 12.1 Å². The van der Waals surface area contributed by atoms with Crippen LogP contribution in [0.4, 0.5) is 0 Å². The Balaban J connectivity index is 3.19. The van der Waals surface area contributed by atoms with Crippen LogP contribution in [-0.2, 0) is 11.2 Å². The number of aliphatic carboxylic acids is 1. The maximum atomic E-state index is 10.4. The van der Waals surface area contributed by atoms with Gasteiger partial charge < -0.3 is 10.2 Å². The van der Waals surface area contributed by atoms with E-state index in [2.05, 4.69) is 15.9 Å². The number of carbonyl (C=O) groups is 1. The first-order valence-corrected chi connectivity index (χ1v) is 4.47. The fourth-order valence-corrected chi connectivity index (χ4v) is 1.42. The standard InChI is InChI=1S/C9H6BrNO3/c10-7-3-8(12)5(2-9(13)14)1-6(7)4-11/h1,3,12H,2H2,(H,13,14). The Bertz CT molecular complexity index is 423. The molecule has 0 fully saturated rings. The average molecular weight is 256 g/mol. The van der Waals surface area contributed by atoms with Crippen molar-refractivity contribution in [2.45, 2.75) is 6.42 Å². The van der Waals surface area contributed by atoms with Crippen molar-refractivity contribution in [2.24, 2.45) is 0 Å². The number of halogens is 1. The van der Waals surface area contributed by atoms with Gasteiger partial charge >= 0.3 is 5.97 Å². The van der Waals surface area contributed by atoms with E-state index in [1.807, 2.05) is 6.07 Å². The lowest BCUT2D eigenvalue weighted by Gasteiger charge is -2.03. The van der Waals surface area contributed by atoms with Crippen LogP contribution >= 0.6 is 15.9 Å². The van der Waals surface area contributed by atoms with E-state index in [-0.39, 0.29) is 17.7 Å². The highest BCUT2D eigenvalue weighted by Crippen LogP contribution is 2.26. The normalized spacial score (nSPS) is 9.43. The summed E-state index contributed by atoms with van der Waals surface area (Å²) in [6.07, 6.45) is -0.298. The highest BCUT2D eigenvalue weighted by molar-refractivity contribution is 9.10. The molecule has 5 heteroatoms. The van der Waals surface area contributed by atoms with Crippen molar-refractivity contribution in [3.05, 3.63) is 27.7 Å². The molecule has 0 aliphatic heterocycles. The van der Waals surface area contributed by atoms with E-state index in [1.54, 1.807) is 0 Å². The number of carboxylic acid groups (broad SMARTS) is 1. The van der Waals surface area contributed by atoms with Crippen LogP contribution in [0.3, 0.4) is 0 Å². The lowest BCUT2D eigenvalue weighted by molar-refractivity contribution is -0.136. The summed E-state index contributed by atoms with van der Waals surface area (Å²) >= 11 is 3.08. The second-order valence-electron chi connectivity index (χ2n) is 2.64. The van der Waals surface area contributed by atoms with Crippen molar-refractivity contribution in [1.29, 1.82) is 5.26 Å². The predicted molar refractivity (Wildman–Crippen MR) is 51.9 cm³/mol. The number of nitriles is 1. The molecule has 0 radical (unpaired) electrons. The highest BCUT2D eigenvalue weighted by atomic mass is 79.9. The first kappa shape index (κ1) is 10.5. The van der Waals surface area contributed by atoms with Crippen LogP contribution in [0.15, 0.2) is 16.6 Å². The van der Waals surface area contributed by atoms with Gasteiger partial charge in [-0.05, 0) is 28.1 Å². The zero-order chi connectivity index (χ0) is 10.7. The number of hydrogen-bond acceptors (Lipinski definition) is 3. The van der Waals surface area contributed by atoms with Gasteiger partial charge in [0.25, 0.3) is 0 Å². The first-order chi connectivity index (χ1) is 6.54. The van der Waals surface area contributed by atoms with Gasteiger partial charge in [0.2, 0.25) is 0 Å². The molecule has 1 rings (SSSR count). The summed E-state index contributed by atoms with van der Waals surface area (Å²) in [5.74, 6) is -1.18. The fraction of sp³-hybridized carbons (Fsp3) is 0.111. The maximum absolute atomic E-state index is 10.4. The van der Waals surface area contributed by atoms with Crippen molar-refractivity contribution in [2.75, 3.05) is 0 Å². The lowest BCUT2D eigenvalue weighted by Crippen LogP contribution is -2.00. The zero-order valence-corrected chi connectivity index (χ0v) is 8.58. The SMILES string of the molecule is N#Cc1cc(CC(=O)O)c(O)cc1Br. The Morgan fingerprint density at radius 2 is 2.21 bits per heavy atom. The quantitative estimate of drug-likeness (QED) is 0.842. The van der Waals surface area contributed by atoms with Gasteiger partial charge in [0, 0.05) is 10.0 Å². The van der Waals surface area contributed by atoms with E-state index in [0.29, 0.717) is 10.0 Å². The van der Waals surface area contributed by atoms with Gasteiger partial charge in [-0.2, -0.15) is 5.26 Å². The van der Waals surface area contributed by atoms with Gasteiger partial charge in [-0.1, -0.05) is 0 Å². The number of carboxylic acids is 1. The van der Waals surface area contributed by atoms with E-state index in [0.717, 1.165) is 0 Å². The Labute approximate surface area is 88.5 Å². The molecule has 0 bridgehead atoms. The second kappa shape index (κ2) is 4.11. The first-order valence-electron chi connectivity index (χ1n) is 3.68. The van der Waals surface area contributed by atoms with E-state index in [9.17, 15) is 9.90 Å². The molecule has 0 saturated carbocycles. The van der Waals surface area contributed by atoms with Crippen LogP contribution in [0.2, 0.25) is 0 Å². The summed E-state index contributed by atoms with van der Waals surface area (Å²) in [5.41, 5.74) is 0.538. The summed E-state index contributed by atoms with van der Waals surface area (Å²) in [6, 6.07) is 4.56. The molecule has 72 valence electrons. The third kappa shape index (κ3) is 2.24. The Hall–Kier alpha value is -1.54. The summed E-state index contributed by atoms with van der Waals surface area (Å²) in [6.45, 7) is 0. The number of benzene rings is 1. The summed E-state index contributed by atoms with van der Waals surface area (Å²) < 4.78 is 0.451. The van der Waals surface area contributed by atoms with Crippen LogP contribution < -0.4 is 0 Å². The highest BCUT2D eigenvalue weighted by Gasteiger charge is 2.10. The number of rotatable bonds is 2. The number of phenols is 1. The fourth-order valence-electron chi connectivity index (χ4n) is 0.998. The molecule has 14 heavy (non-hydrogen) atoms. The van der Waals surface area contributed by atoms with Crippen molar-refractivity contribution in [3.8, 4) is 11.8 Å². The molecule has 0 aromatic heterocycles. The number of aromatic hydroxyl groups is 1. The monoisotopic (exact) mass is 255 g/mol. The zero-order valence-electron chi connectivity index (χ0n) is 6.99. The van der Waals surface area contributed by atoms with E-state index >= 15 is 0 Å². The predicted octanol–water partition coefficient (Wildman–Crippen LogP) is 1.65. The average Bonchev–Trinajstić information content (AvgIpc) is 2.09. The van der Waals surface area contributed by atoms with Gasteiger partial charge in [0.1, 0.15) is 11.8 Å². The van der Waals surface area contributed by atoms with Crippen molar-refractivity contribution in [3.63, 3.8) is 0 Å². The summed E-state index contributed by atoms with van der Waals surface area (Å²) in [5, 5.41) is 26.5. The molecule has 1 aromatic carbocycles. The molecule has 0 aliphatic rings. The largest absolute Gasteiger partial charge is 0.508 e. The van der Waals surface area contributed by atoms with Gasteiger partial charge in [-0.3, -0.25) is 4.79 Å². The minimum absolute atomic E-state index is 0.127. The number of hydrogen-bond donors (Lipinski definition) is 2. The molecule has 4 nitrogen and oxygen atoms in total. The topological polar surface area (TPSA) is 81.3 Å². The molecule has 0 atom stereocenters. The third-order valence-corrected chi connectivity index (χ3v) is 2.29. The van der Waals surface area contributed by atoms with Gasteiger partial charge in [-0.25, -0.2) is 0 Å². The van der Waals surface area contributed by atoms with E-state index < -0.39 is 5.97 Å². The molecule has 0 amide bonds. The molecule has 1 aromatic rings. The lowest BCUT2D eigenvalue weighted by atomic mass is 10.1. The minimum Gasteiger partial charge on any atom is -0.508 e. The van der Waals surface area contributed by atoms with Gasteiger partial charge in [-0.15, -0.1) is 0 Å². The van der Waals surface area contributed by atoms with Gasteiger partial charge in [0.05, 0.1) is 12.0 Å². The van der Waals surface area contributed by atoms with Crippen LogP contribution in [0.1, 0.15) is 11.1 Å². The molecule has 0 unspecified atom stereocenters. The Morgan fingerprint density at radius 1 is 1.57 bits per heavy atom. The molecule has 0 aliphatic carbocycles. The van der Waals surface area contributed by atoms with Crippen molar-refractivity contribution < 1.29 is 15.0 Å². The molecule has 0 heterocycles. The number of phenolic OH excluding ortho intramolecular Hbond substituents is 1. The smallest absolute Gasteiger partial charge is 0.307 e. The van der Waals surface area contributed by atoms with Crippen LogP contribution in [0.5, 0.6) is 5.75 Å². The Kier molecular flexibility index (Phi) is 3.10. The van der Waals surface area contributed by atoms with Crippen molar-refractivity contribution in [1.82, 2.24) is 0 Å². The maximum Gasteiger partial charge on any atom is 0.307 e. The van der Waals surface area contributed by atoms with Crippen LogP contribution in [-0.4, -0.2) is 16.2 Å². The summed E-state index contributed by atoms with van der Waals surface area (Å²) in [4.78, 5) is 10.4. The molecular weight excluding hydrogens is 250 g/mol. The molecule has 2 N–H and O–H groups in total. The van der Waals surface area contributed by atoms with Crippen LogP contribution in [0.25, 0.3) is 0 Å². The van der Waals surface area contributed by atoms with Crippen LogP contribution in [0, 0.1) is 11.3 Å². The second-order valence-corrected chi connectivity index (χ2v) is 3.50. The Morgan fingerprint density at radius 3 is 2.71 bits per heavy atom. The number of nitrogens with zero attached hydrogens (tertiary/aromatic N) is 1. The third-order valence-electron chi connectivity index (χ3n) is 1.63. The van der Waals surface area contributed by atoms with Gasteiger partial charge in [0.15, 0.2) is 0 Å². The molecule has 0 saturated heterocycles. The summed E-state index contributed by atoms with van der Waals surface area (Å²) in [7, 11) is 0. The molecule has 0 spiro atoms. The minimum atomic E-state index is -1.05.